The molecule has 1 aliphatic heterocycles. The maximum Gasteiger partial charge on any atom is 0.242 e. The summed E-state index contributed by atoms with van der Waals surface area (Å²) < 4.78 is 5.25. The number of nitrogens with zero attached hydrogens (tertiary/aromatic N) is 1. The van der Waals surface area contributed by atoms with E-state index in [1.807, 2.05) is 4.90 Å². The molecular weight excluding hydrogens is 192 g/mol. The Balaban J connectivity index is 1.96. The minimum Gasteiger partial charge on any atom is -0.380 e. The molecule has 4 heteroatoms. The predicted molar refractivity (Wildman–Crippen MR) is 57.4 cm³/mol. The summed E-state index contributed by atoms with van der Waals surface area (Å²) in [6.07, 6.45) is 5.02. The van der Waals surface area contributed by atoms with Crippen LogP contribution in [-0.2, 0) is 9.53 Å². The molecule has 86 valence electrons. The Kier molecular flexibility index (Phi) is 2.98. The number of hydrogen-bond donors (Lipinski definition) is 1. The van der Waals surface area contributed by atoms with Crippen LogP contribution in [0.1, 0.15) is 32.1 Å². The maximum atomic E-state index is 12.2. The first-order valence-corrected chi connectivity index (χ1v) is 5.77. The van der Waals surface area contributed by atoms with Crippen LogP contribution in [0.15, 0.2) is 0 Å². The zero-order chi connectivity index (χ0) is 10.9. The molecule has 2 rings (SSSR count). The number of carbonyl (C=O) groups excluding carboxylic acids is 1. The zero-order valence-corrected chi connectivity index (χ0v) is 9.37. The Hall–Kier alpha value is -0.610. The Bertz CT molecular complexity index is 249. The van der Waals surface area contributed by atoms with Crippen molar-refractivity contribution in [2.45, 2.75) is 43.7 Å². The van der Waals surface area contributed by atoms with Crippen LogP contribution in [0.2, 0.25) is 0 Å². The van der Waals surface area contributed by atoms with Crippen molar-refractivity contribution in [1.82, 2.24) is 4.90 Å². The third kappa shape index (κ3) is 2.01. The van der Waals surface area contributed by atoms with E-state index in [0.29, 0.717) is 6.54 Å². The van der Waals surface area contributed by atoms with Crippen LogP contribution in [-0.4, -0.2) is 42.6 Å². The topological polar surface area (TPSA) is 55.6 Å². The third-order valence-electron chi connectivity index (χ3n) is 3.69. The SMILES string of the molecule is CO[C@H]1CCN(C(=O)C2(N)CCCC2)C1. The first-order chi connectivity index (χ1) is 7.15. The molecule has 2 N–H and O–H groups in total. The van der Waals surface area contributed by atoms with E-state index in [0.717, 1.165) is 38.6 Å². The monoisotopic (exact) mass is 212 g/mol. The quantitative estimate of drug-likeness (QED) is 0.725. The molecule has 0 aromatic heterocycles. The average molecular weight is 212 g/mol. The average Bonchev–Trinajstić information content (AvgIpc) is 2.85. The van der Waals surface area contributed by atoms with E-state index in [-0.39, 0.29) is 12.0 Å². The maximum absolute atomic E-state index is 12.2. The number of methoxy groups -OCH3 is 1. The summed E-state index contributed by atoms with van der Waals surface area (Å²) in [6, 6.07) is 0. The highest BCUT2D eigenvalue weighted by molar-refractivity contribution is 5.86. The number of nitrogens with two attached hydrogens (primary N) is 1. The fourth-order valence-electron chi connectivity index (χ4n) is 2.64. The van der Waals surface area contributed by atoms with Gasteiger partial charge in [0.1, 0.15) is 0 Å². The van der Waals surface area contributed by atoms with Gasteiger partial charge in [0.2, 0.25) is 5.91 Å². The lowest BCUT2D eigenvalue weighted by molar-refractivity contribution is -0.136. The van der Waals surface area contributed by atoms with Gasteiger partial charge in [0, 0.05) is 20.2 Å². The van der Waals surface area contributed by atoms with Crippen molar-refractivity contribution in [3.05, 3.63) is 0 Å². The Labute approximate surface area is 90.8 Å². The van der Waals surface area contributed by atoms with Crippen LogP contribution in [0.3, 0.4) is 0 Å². The number of amides is 1. The Morgan fingerprint density at radius 3 is 2.67 bits per heavy atom. The molecule has 0 aromatic rings. The number of carbonyl (C=O) groups is 1. The fraction of sp³-hybridized carbons (Fsp3) is 0.909. The highest BCUT2D eigenvalue weighted by Crippen LogP contribution is 2.30. The number of hydrogen-bond acceptors (Lipinski definition) is 3. The van der Waals surface area contributed by atoms with Gasteiger partial charge < -0.3 is 15.4 Å². The standard InChI is InChI=1S/C11H20N2O2/c1-15-9-4-7-13(8-9)10(14)11(12)5-2-3-6-11/h9H,2-8,12H2,1H3/t9-/m0/s1. The van der Waals surface area contributed by atoms with Crippen LogP contribution in [0.25, 0.3) is 0 Å². The fourth-order valence-corrected chi connectivity index (χ4v) is 2.64. The van der Waals surface area contributed by atoms with Gasteiger partial charge >= 0.3 is 0 Å². The van der Waals surface area contributed by atoms with Crippen molar-refractivity contribution in [3.63, 3.8) is 0 Å². The molecule has 2 aliphatic rings. The molecular formula is C11H20N2O2. The van der Waals surface area contributed by atoms with Gasteiger partial charge in [0.15, 0.2) is 0 Å². The van der Waals surface area contributed by atoms with Crippen LogP contribution >= 0.6 is 0 Å². The van der Waals surface area contributed by atoms with E-state index in [9.17, 15) is 4.79 Å². The Morgan fingerprint density at radius 1 is 1.47 bits per heavy atom. The number of ether oxygens (including phenoxy) is 1. The van der Waals surface area contributed by atoms with E-state index >= 15 is 0 Å². The molecule has 0 spiro atoms. The first kappa shape index (κ1) is 10.9. The van der Waals surface area contributed by atoms with Crippen molar-refractivity contribution >= 4 is 5.91 Å². The van der Waals surface area contributed by atoms with E-state index in [4.69, 9.17) is 10.5 Å². The lowest BCUT2D eigenvalue weighted by Crippen LogP contribution is -2.53. The third-order valence-corrected chi connectivity index (χ3v) is 3.69. The van der Waals surface area contributed by atoms with Crippen molar-refractivity contribution in [2.75, 3.05) is 20.2 Å². The molecule has 0 unspecified atom stereocenters. The van der Waals surface area contributed by atoms with Crippen LogP contribution < -0.4 is 5.73 Å². The molecule has 15 heavy (non-hydrogen) atoms. The molecule has 0 radical (unpaired) electrons. The van der Waals surface area contributed by atoms with Gasteiger partial charge in [-0.15, -0.1) is 0 Å². The molecule has 1 amide bonds. The van der Waals surface area contributed by atoms with Gasteiger partial charge in [0.05, 0.1) is 11.6 Å². The van der Waals surface area contributed by atoms with Gasteiger partial charge in [-0.3, -0.25) is 4.79 Å². The first-order valence-electron chi connectivity index (χ1n) is 5.77. The normalized spacial score (nSPS) is 29.7. The molecule has 1 atom stereocenters. The number of rotatable bonds is 2. The van der Waals surface area contributed by atoms with Crippen molar-refractivity contribution in [2.24, 2.45) is 5.73 Å². The molecule has 2 fully saturated rings. The lowest BCUT2D eigenvalue weighted by atomic mass is 9.97. The van der Waals surface area contributed by atoms with Gasteiger partial charge in [-0.2, -0.15) is 0 Å². The molecule has 0 aromatic carbocycles. The molecule has 1 saturated heterocycles. The van der Waals surface area contributed by atoms with Gasteiger partial charge in [-0.25, -0.2) is 0 Å². The van der Waals surface area contributed by atoms with Gasteiger partial charge in [0.25, 0.3) is 0 Å². The summed E-state index contributed by atoms with van der Waals surface area (Å²) >= 11 is 0. The minimum absolute atomic E-state index is 0.138. The smallest absolute Gasteiger partial charge is 0.242 e. The summed E-state index contributed by atoms with van der Waals surface area (Å²) in [5.41, 5.74) is 5.57. The lowest BCUT2D eigenvalue weighted by Gasteiger charge is -2.28. The Morgan fingerprint density at radius 2 is 2.13 bits per heavy atom. The largest absolute Gasteiger partial charge is 0.380 e. The second kappa shape index (κ2) is 4.10. The van der Waals surface area contributed by atoms with E-state index in [2.05, 4.69) is 0 Å². The van der Waals surface area contributed by atoms with Crippen molar-refractivity contribution in [1.29, 1.82) is 0 Å². The number of likely N-dealkylation sites (tertiary alicyclic amines) is 1. The van der Waals surface area contributed by atoms with Crippen LogP contribution in [0.5, 0.6) is 0 Å². The predicted octanol–water partition coefficient (Wildman–Crippen LogP) is 0.505. The second-order valence-corrected chi connectivity index (χ2v) is 4.76. The molecule has 1 heterocycles. The van der Waals surface area contributed by atoms with Crippen molar-refractivity contribution in [3.8, 4) is 0 Å². The molecule has 0 bridgehead atoms. The molecule has 4 nitrogen and oxygen atoms in total. The summed E-state index contributed by atoms with van der Waals surface area (Å²) in [7, 11) is 1.70. The van der Waals surface area contributed by atoms with Crippen LogP contribution in [0, 0.1) is 0 Å². The molecule has 1 aliphatic carbocycles. The summed E-state index contributed by atoms with van der Waals surface area (Å²) in [5, 5.41) is 0. The van der Waals surface area contributed by atoms with Gasteiger partial charge in [-0.1, -0.05) is 12.8 Å². The van der Waals surface area contributed by atoms with E-state index in [1.54, 1.807) is 7.11 Å². The van der Waals surface area contributed by atoms with Crippen LogP contribution in [0.4, 0.5) is 0 Å². The highest BCUT2D eigenvalue weighted by atomic mass is 16.5. The summed E-state index contributed by atoms with van der Waals surface area (Å²) in [4.78, 5) is 14.1. The van der Waals surface area contributed by atoms with Crippen molar-refractivity contribution < 1.29 is 9.53 Å². The zero-order valence-electron chi connectivity index (χ0n) is 9.37. The van der Waals surface area contributed by atoms with E-state index in [1.165, 1.54) is 0 Å². The van der Waals surface area contributed by atoms with E-state index < -0.39 is 5.54 Å². The minimum atomic E-state index is -0.567. The van der Waals surface area contributed by atoms with Gasteiger partial charge in [-0.05, 0) is 19.3 Å². The second-order valence-electron chi connectivity index (χ2n) is 4.76. The molecule has 1 saturated carbocycles. The highest BCUT2D eigenvalue weighted by Gasteiger charge is 2.41. The summed E-state index contributed by atoms with van der Waals surface area (Å²) in [5.74, 6) is 0.138. The summed E-state index contributed by atoms with van der Waals surface area (Å²) in [6.45, 7) is 1.52.